The molecule has 0 unspecified atom stereocenters. The molecule has 0 atom stereocenters. The van der Waals surface area contributed by atoms with Gasteiger partial charge in [0.05, 0.1) is 11.6 Å². The molecule has 0 aliphatic carbocycles. The molecule has 1 aromatic carbocycles. The van der Waals surface area contributed by atoms with Crippen LogP contribution < -0.4 is 10.5 Å². The molecule has 16 heavy (non-hydrogen) atoms. The molecule has 2 aromatic rings. The number of benzene rings is 1. The summed E-state index contributed by atoms with van der Waals surface area (Å²) < 4.78 is 11.1. The third-order valence-corrected chi connectivity index (χ3v) is 2.79. The van der Waals surface area contributed by atoms with Gasteiger partial charge in [0, 0.05) is 11.6 Å². The minimum absolute atomic E-state index is 0.287. The number of aromatic nitrogens is 1. The molecule has 84 valence electrons. The van der Waals surface area contributed by atoms with E-state index in [0.717, 1.165) is 21.3 Å². The number of nitrogens with zero attached hydrogens (tertiary/aromatic N) is 1. The fraction of sp³-hybridized carbons (Fsp3) is 0.182. The zero-order valence-corrected chi connectivity index (χ0v) is 10.5. The number of hydrogen-bond donors (Lipinski definition) is 1. The highest BCUT2D eigenvalue weighted by Crippen LogP contribution is 2.37. The number of nitrogen functional groups attached to an aromatic ring is 1. The van der Waals surface area contributed by atoms with Gasteiger partial charge < -0.3 is 15.0 Å². The summed E-state index contributed by atoms with van der Waals surface area (Å²) in [6, 6.07) is 5.62. The monoisotopic (exact) mass is 282 g/mol. The van der Waals surface area contributed by atoms with Gasteiger partial charge in [-0.15, -0.1) is 0 Å². The molecule has 0 saturated carbocycles. The fourth-order valence-corrected chi connectivity index (χ4v) is 2.28. The maximum Gasteiger partial charge on any atom is 0.222 e. The number of anilines is 1. The Bertz CT molecular complexity index is 523. The quantitative estimate of drug-likeness (QED) is 0.920. The molecule has 1 aromatic heterocycles. The van der Waals surface area contributed by atoms with E-state index in [9.17, 15) is 0 Å². The topological polar surface area (TPSA) is 61.3 Å². The smallest absolute Gasteiger partial charge is 0.222 e. The Kier molecular flexibility index (Phi) is 2.87. The number of ether oxygens (including phenoxy) is 1. The Morgan fingerprint density at radius 3 is 2.69 bits per heavy atom. The number of halogens is 1. The van der Waals surface area contributed by atoms with Crippen molar-refractivity contribution in [2.45, 2.75) is 6.92 Å². The Hall–Kier alpha value is -1.49. The van der Waals surface area contributed by atoms with Crippen molar-refractivity contribution in [1.29, 1.82) is 0 Å². The van der Waals surface area contributed by atoms with Crippen LogP contribution in [0, 0.1) is 6.92 Å². The number of nitrogens with two attached hydrogens (primary N) is 1. The number of rotatable bonds is 2. The lowest BCUT2D eigenvalue weighted by molar-refractivity contribution is 0.411. The fourth-order valence-electron chi connectivity index (χ4n) is 1.54. The van der Waals surface area contributed by atoms with Crippen LogP contribution in [-0.2, 0) is 0 Å². The van der Waals surface area contributed by atoms with Gasteiger partial charge >= 0.3 is 0 Å². The molecule has 0 fully saturated rings. The van der Waals surface area contributed by atoms with E-state index < -0.39 is 0 Å². The molecular weight excluding hydrogens is 272 g/mol. The van der Waals surface area contributed by atoms with Gasteiger partial charge in [-0.2, -0.15) is 0 Å². The van der Waals surface area contributed by atoms with Gasteiger partial charge in [0.15, 0.2) is 0 Å². The van der Waals surface area contributed by atoms with Crippen molar-refractivity contribution in [3.05, 3.63) is 28.2 Å². The molecule has 0 aliphatic heterocycles. The van der Waals surface area contributed by atoms with Gasteiger partial charge in [-0.3, -0.25) is 0 Å². The van der Waals surface area contributed by atoms with Crippen LogP contribution in [0.5, 0.6) is 5.75 Å². The predicted octanol–water partition coefficient (Wildman–Crippen LogP) is 3.00. The zero-order valence-electron chi connectivity index (χ0n) is 8.95. The van der Waals surface area contributed by atoms with Gasteiger partial charge in [-0.25, -0.2) is 0 Å². The second-order valence-corrected chi connectivity index (χ2v) is 4.30. The standard InChI is InChI=1S/C11H11BrN2O2/c1-6-3-7(9-5-10(13)16-14-9)11(15-2)8(12)4-6/h3-5H,13H2,1-2H3. The van der Waals surface area contributed by atoms with Crippen LogP contribution in [0.3, 0.4) is 0 Å². The van der Waals surface area contributed by atoms with E-state index in [-0.39, 0.29) is 5.88 Å². The van der Waals surface area contributed by atoms with E-state index in [0.29, 0.717) is 5.69 Å². The van der Waals surface area contributed by atoms with E-state index in [2.05, 4.69) is 21.1 Å². The van der Waals surface area contributed by atoms with Gasteiger partial charge in [0.1, 0.15) is 11.4 Å². The average Bonchev–Trinajstić information content (AvgIpc) is 2.63. The van der Waals surface area contributed by atoms with Crippen LogP contribution in [0.4, 0.5) is 5.88 Å². The third kappa shape index (κ3) is 1.90. The average molecular weight is 283 g/mol. The van der Waals surface area contributed by atoms with Crippen molar-refractivity contribution in [1.82, 2.24) is 5.16 Å². The first-order valence-electron chi connectivity index (χ1n) is 4.68. The molecule has 0 spiro atoms. The summed E-state index contributed by atoms with van der Waals surface area (Å²) in [5, 5.41) is 3.88. The lowest BCUT2D eigenvalue weighted by Crippen LogP contribution is -1.91. The molecule has 0 bridgehead atoms. The van der Waals surface area contributed by atoms with E-state index in [1.165, 1.54) is 0 Å². The van der Waals surface area contributed by atoms with Crippen LogP contribution in [0.1, 0.15) is 5.56 Å². The first kappa shape index (κ1) is 11.0. The van der Waals surface area contributed by atoms with Gasteiger partial charge in [0.25, 0.3) is 0 Å². The zero-order chi connectivity index (χ0) is 11.7. The number of methoxy groups -OCH3 is 1. The van der Waals surface area contributed by atoms with Gasteiger partial charge in [0.2, 0.25) is 5.88 Å². The first-order valence-corrected chi connectivity index (χ1v) is 5.48. The lowest BCUT2D eigenvalue weighted by atomic mass is 10.1. The minimum Gasteiger partial charge on any atom is -0.495 e. The second kappa shape index (κ2) is 4.17. The van der Waals surface area contributed by atoms with Crippen molar-refractivity contribution < 1.29 is 9.26 Å². The maximum absolute atomic E-state index is 5.50. The van der Waals surface area contributed by atoms with Crippen LogP contribution in [0.15, 0.2) is 27.2 Å². The van der Waals surface area contributed by atoms with Crippen LogP contribution in [0.2, 0.25) is 0 Å². The van der Waals surface area contributed by atoms with Crippen molar-refractivity contribution in [3.63, 3.8) is 0 Å². The predicted molar refractivity (Wildman–Crippen MR) is 65.3 cm³/mol. The van der Waals surface area contributed by atoms with Crippen LogP contribution >= 0.6 is 15.9 Å². The summed E-state index contributed by atoms with van der Waals surface area (Å²) in [6.07, 6.45) is 0. The minimum atomic E-state index is 0.287. The summed E-state index contributed by atoms with van der Waals surface area (Å²) in [5.74, 6) is 1.01. The molecule has 2 N–H and O–H groups in total. The Labute approximate surface area is 102 Å². The lowest BCUT2D eigenvalue weighted by Gasteiger charge is -2.09. The van der Waals surface area contributed by atoms with Crippen molar-refractivity contribution in [3.8, 4) is 17.0 Å². The van der Waals surface area contributed by atoms with Crippen molar-refractivity contribution in [2.24, 2.45) is 0 Å². The van der Waals surface area contributed by atoms with E-state index in [4.69, 9.17) is 15.0 Å². The largest absolute Gasteiger partial charge is 0.495 e. The van der Waals surface area contributed by atoms with Crippen LogP contribution in [0.25, 0.3) is 11.3 Å². The van der Waals surface area contributed by atoms with Crippen LogP contribution in [-0.4, -0.2) is 12.3 Å². The highest BCUT2D eigenvalue weighted by Gasteiger charge is 2.13. The van der Waals surface area contributed by atoms with Gasteiger partial charge in [-0.05, 0) is 40.5 Å². The highest BCUT2D eigenvalue weighted by atomic mass is 79.9. The summed E-state index contributed by atoms with van der Waals surface area (Å²) in [6.45, 7) is 2.00. The summed E-state index contributed by atoms with van der Waals surface area (Å²) in [5.41, 5.74) is 8.12. The molecule has 1 heterocycles. The Morgan fingerprint density at radius 2 is 2.12 bits per heavy atom. The van der Waals surface area contributed by atoms with Crippen molar-refractivity contribution >= 4 is 21.8 Å². The molecule has 5 heteroatoms. The first-order chi connectivity index (χ1) is 7.61. The van der Waals surface area contributed by atoms with Gasteiger partial charge in [-0.1, -0.05) is 5.16 Å². The SMILES string of the molecule is COc1c(Br)cc(C)cc1-c1cc(N)on1. The Balaban J connectivity index is 2.63. The molecule has 4 nitrogen and oxygen atoms in total. The van der Waals surface area contributed by atoms with E-state index >= 15 is 0 Å². The summed E-state index contributed by atoms with van der Waals surface area (Å²) in [4.78, 5) is 0. The molecular formula is C11H11BrN2O2. The summed E-state index contributed by atoms with van der Waals surface area (Å²) in [7, 11) is 1.61. The molecule has 0 aliphatic rings. The second-order valence-electron chi connectivity index (χ2n) is 3.44. The Morgan fingerprint density at radius 1 is 1.38 bits per heavy atom. The highest BCUT2D eigenvalue weighted by molar-refractivity contribution is 9.10. The molecule has 0 radical (unpaired) electrons. The summed E-state index contributed by atoms with van der Waals surface area (Å²) >= 11 is 3.45. The van der Waals surface area contributed by atoms with Crippen molar-refractivity contribution in [2.75, 3.05) is 12.8 Å². The number of aryl methyl sites for hydroxylation is 1. The molecule has 0 amide bonds. The molecule has 2 rings (SSSR count). The maximum atomic E-state index is 5.50. The normalized spacial score (nSPS) is 10.4. The molecule has 0 saturated heterocycles. The van der Waals surface area contributed by atoms with E-state index in [1.54, 1.807) is 13.2 Å². The third-order valence-electron chi connectivity index (χ3n) is 2.20. The number of hydrogen-bond acceptors (Lipinski definition) is 4. The van der Waals surface area contributed by atoms with E-state index in [1.807, 2.05) is 19.1 Å².